The molecule has 2 N–H and O–H groups in total. The van der Waals surface area contributed by atoms with Crippen LogP contribution in [0.25, 0.3) is 0 Å². The fraction of sp³-hybridized carbons (Fsp3) is 0.143. The molecular weight excluding hydrogens is 253 g/mol. The molecule has 0 aliphatic heterocycles. The SMILES string of the molecule is NCCc1cccc(Cl)c1Oc1cccc(F)c1. The minimum absolute atomic E-state index is 0.347. The van der Waals surface area contributed by atoms with Crippen molar-refractivity contribution in [2.75, 3.05) is 6.54 Å². The van der Waals surface area contributed by atoms with Crippen LogP contribution in [0.15, 0.2) is 42.5 Å². The molecule has 0 saturated heterocycles. The summed E-state index contributed by atoms with van der Waals surface area (Å²) in [6.45, 7) is 0.500. The van der Waals surface area contributed by atoms with Crippen LogP contribution >= 0.6 is 11.6 Å². The number of hydrogen-bond acceptors (Lipinski definition) is 2. The number of halogens is 2. The lowest BCUT2D eigenvalue weighted by atomic mass is 10.1. The molecule has 0 atom stereocenters. The largest absolute Gasteiger partial charge is 0.455 e. The van der Waals surface area contributed by atoms with Gasteiger partial charge in [0.2, 0.25) is 0 Å². The van der Waals surface area contributed by atoms with E-state index in [9.17, 15) is 4.39 Å². The Morgan fingerprint density at radius 2 is 1.94 bits per heavy atom. The van der Waals surface area contributed by atoms with Crippen molar-refractivity contribution in [3.63, 3.8) is 0 Å². The van der Waals surface area contributed by atoms with Crippen LogP contribution in [0.3, 0.4) is 0 Å². The predicted octanol–water partition coefficient (Wildman–Crippen LogP) is 3.77. The van der Waals surface area contributed by atoms with Crippen molar-refractivity contribution in [2.45, 2.75) is 6.42 Å². The molecule has 0 unspecified atom stereocenters. The molecule has 2 aromatic rings. The molecule has 0 amide bonds. The van der Waals surface area contributed by atoms with Gasteiger partial charge in [0, 0.05) is 6.07 Å². The van der Waals surface area contributed by atoms with Crippen molar-refractivity contribution < 1.29 is 9.13 Å². The van der Waals surface area contributed by atoms with E-state index >= 15 is 0 Å². The quantitative estimate of drug-likeness (QED) is 0.913. The molecule has 0 radical (unpaired) electrons. The third-order valence-corrected chi connectivity index (χ3v) is 2.78. The van der Waals surface area contributed by atoms with Crippen molar-refractivity contribution in [1.82, 2.24) is 0 Å². The van der Waals surface area contributed by atoms with Crippen LogP contribution in [0.1, 0.15) is 5.56 Å². The summed E-state index contributed by atoms with van der Waals surface area (Å²) in [4.78, 5) is 0. The molecule has 0 fully saturated rings. The van der Waals surface area contributed by atoms with Crippen molar-refractivity contribution in [1.29, 1.82) is 0 Å². The van der Waals surface area contributed by atoms with Gasteiger partial charge in [0.05, 0.1) is 5.02 Å². The third kappa shape index (κ3) is 3.00. The van der Waals surface area contributed by atoms with E-state index in [0.29, 0.717) is 29.5 Å². The zero-order valence-corrected chi connectivity index (χ0v) is 10.5. The van der Waals surface area contributed by atoms with Crippen molar-refractivity contribution in [3.05, 3.63) is 58.9 Å². The van der Waals surface area contributed by atoms with Gasteiger partial charge in [-0.1, -0.05) is 29.8 Å². The monoisotopic (exact) mass is 265 g/mol. The maximum atomic E-state index is 13.1. The summed E-state index contributed by atoms with van der Waals surface area (Å²) in [6.07, 6.45) is 0.658. The number of ether oxygens (including phenoxy) is 1. The Hall–Kier alpha value is -1.58. The summed E-state index contributed by atoms with van der Waals surface area (Å²) in [5, 5.41) is 0.491. The Bertz CT molecular complexity index is 545. The van der Waals surface area contributed by atoms with Crippen molar-refractivity contribution >= 4 is 11.6 Å². The molecular formula is C14H13ClFNO. The zero-order chi connectivity index (χ0) is 13.0. The molecule has 0 aliphatic rings. The molecule has 0 spiro atoms. The van der Waals surface area contributed by atoms with Gasteiger partial charge in [0.1, 0.15) is 17.3 Å². The second-order valence-corrected chi connectivity index (χ2v) is 4.23. The van der Waals surface area contributed by atoms with Gasteiger partial charge < -0.3 is 10.5 Å². The van der Waals surface area contributed by atoms with E-state index in [0.717, 1.165) is 5.56 Å². The normalized spacial score (nSPS) is 10.4. The number of benzene rings is 2. The van der Waals surface area contributed by atoms with Gasteiger partial charge in [0.15, 0.2) is 0 Å². The molecule has 94 valence electrons. The van der Waals surface area contributed by atoms with E-state index in [-0.39, 0.29) is 5.82 Å². The van der Waals surface area contributed by atoms with Gasteiger partial charge in [-0.3, -0.25) is 0 Å². The summed E-state index contributed by atoms with van der Waals surface area (Å²) in [6, 6.07) is 11.4. The molecule has 0 bridgehead atoms. The molecule has 0 saturated carbocycles. The van der Waals surface area contributed by atoms with E-state index in [1.165, 1.54) is 12.1 Å². The Morgan fingerprint density at radius 3 is 2.67 bits per heavy atom. The predicted molar refractivity (Wildman–Crippen MR) is 70.7 cm³/mol. The summed E-state index contributed by atoms with van der Waals surface area (Å²) in [5.74, 6) is 0.608. The van der Waals surface area contributed by atoms with E-state index in [1.807, 2.05) is 12.1 Å². The molecule has 0 aromatic heterocycles. The van der Waals surface area contributed by atoms with E-state index in [2.05, 4.69) is 0 Å². The highest BCUT2D eigenvalue weighted by atomic mass is 35.5. The Labute approximate surface area is 110 Å². The van der Waals surface area contributed by atoms with Gasteiger partial charge in [-0.05, 0) is 36.7 Å². The van der Waals surface area contributed by atoms with Crippen LogP contribution in [0.5, 0.6) is 11.5 Å². The van der Waals surface area contributed by atoms with Crippen molar-refractivity contribution in [2.24, 2.45) is 5.73 Å². The maximum Gasteiger partial charge on any atom is 0.149 e. The van der Waals surface area contributed by atoms with Crippen LogP contribution in [0.4, 0.5) is 4.39 Å². The lowest BCUT2D eigenvalue weighted by Gasteiger charge is -2.12. The number of hydrogen-bond donors (Lipinski definition) is 1. The standard InChI is InChI=1S/C14H13ClFNO/c15-13-6-1-3-10(7-8-17)14(13)18-12-5-2-4-11(16)9-12/h1-6,9H,7-8,17H2. The van der Waals surface area contributed by atoms with Gasteiger partial charge in [-0.15, -0.1) is 0 Å². The second-order valence-electron chi connectivity index (χ2n) is 3.83. The highest BCUT2D eigenvalue weighted by Crippen LogP contribution is 2.33. The fourth-order valence-corrected chi connectivity index (χ4v) is 1.90. The van der Waals surface area contributed by atoms with Crippen LogP contribution < -0.4 is 10.5 Å². The van der Waals surface area contributed by atoms with Crippen molar-refractivity contribution in [3.8, 4) is 11.5 Å². The maximum absolute atomic E-state index is 13.1. The van der Waals surface area contributed by atoms with Gasteiger partial charge in [-0.2, -0.15) is 0 Å². The lowest BCUT2D eigenvalue weighted by Crippen LogP contribution is -2.04. The van der Waals surface area contributed by atoms with Crippen LogP contribution in [-0.2, 0) is 6.42 Å². The van der Waals surface area contributed by atoms with E-state index in [1.54, 1.807) is 18.2 Å². The summed E-state index contributed by atoms with van der Waals surface area (Å²) in [5.41, 5.74) is 6.45. The second kappa shape index (κ2) is 5.85. The Kier molecular flexibility index (Phi) is 4.18. The molecule has 2 aromatic carbocycles. The topological polar surface area (TPSA) is 35.2 Å². The Morgan fingerprint density at radius 1 is 1.17 bits per heavy atom. The van der Waals surface area contributed by atoms with Crippen LogP contribution in [-0.4, -0.2) is 6.54 Å². The number of rotatable bonds is 4. The Balaban J connectivity index is 2.33. The first kappa shape index (κ1) is 12.9. The third-order valence-electron chi connectivity index (χ3n) is 2.48. The molecule has 0 aliphatic carbocycles. The highest BCUT2D eigenvalue weighted by molar-refractivity contribution is 6.32. The fourth-order valence-electron chi connectivity index (χ4n) is 1.67. The van der Waals surface area contributed by atoms with E-state index < -0.39 is 0 Å². The molecule has 4 heteroatoms. The minimum atomic E-state index is -0.347. The first-order valence-electron chi connectivity index (χ1n) is 5.61. The molecule has 0 heterocycles. The summed E-state index contributed by atoms with van der Waals surface area (Å²) in [7, 11) is 0. The number of nitrogens with two attached hydrogens (primary N) is 1. The molecule has 18 heavy (non-hydrogen) atoms. The van der Waals surface area contributed by atoms with Gasteiger partial charge in [-0.25, -0.2) is 4.39 Å². The first-order valence-corrected chi connectivity index (χ1v) is 5.99. The lowest BCUT2D eigenvalue weighted by molar-refractivity contribution is 0.471. The summed E-state index contributed by atoms with van der Waals surface area (Å²) < 4.78 is 18.7. The highest BCUT2D eigenvalue weighted by Gasteiger charge is 2.09. The zero-order valence-electron chi connectivity index (χ0n) is 9.70. The van der Waals surface area contributed by atoms with Crippen LogP contribution in [0.2, 0.25) is 5.02 Å². The molecule has 2 nitrogen and oxygen atoms in total. The smallest absolute Gasteiger partial charge is 0.149 e. The summed E-state index contributed by atoms with van der Waals surface area (Å²) >= 11 is 6.10. The van der Waals surface area contributed by atoms with Gasteiger partial charge in [0.25, 0.3) is 0 Å². The average Bonchev–Trinajstić information content (AvgIpc) is 2.34. The minimum Gasteiger partial charge on any atom is -0.455 e. The van der Waals surface area contributed by atoms with Gasteiger partial charge >= 0.3 is 0 Å². The van der Waals surface area contributed by atoms with E-state index in [4.69, 9.17) is 22.1 Å². The molecule has 2 rings (SSSR count). The van der Waals surface area contributed by atoms with Crippen LogP contribution in [0, 0.1) is 5.82 Å². The number of para-hydroxylation sites is 1. The first-order chi connectivity index (χ1) is 8.70. The average molecular weight is 266 g/mol.